The molecule has 1 aliphatic rings. The van der Waals surface area contributed by atoms with Crippen LogP contribution in [0.2, 0.25) is 0 Å². The van der Waals surface area contributed by atoms with E-state index in [9.17, 15) is 0 Å². The van der Waals surface area contributed by atoms with E-state index in [2.05, 4.69) is 67.3 Å². The summed E-state index contributed by atoms with van der Waals surface area (Å²) in [6.07, 6.45) is 4.17. The van der Waals surface area contributed by atoms with Crippen molar-refractivity contribution in [3.8, 4) is 0 Å². The maximum absolute atomic E-state index is 6.04. The zero-order chi connectivity index (χ0) is 16.4. The van der Waals surface area contributed by atoms with Gasteiger partial charge in [-0.15, -0.1) is 0 Å². The highest BCUT2D eigenvalue weighted by molar-refractivity contribution is 5.23. The van der Waals surface area contributed by atoms with Crippen molar-refractivity contribution < 1.29 is 0 Å². The lowest BCUT2D eigenvalue weighted by molar-refractivity contribution is 0.315. The Morgan fingerprint density at radius 2 is 1.91 bits per heavy atom. The van der Waals surface area contributed by atoms with Gasteiger partial charge in [-0.1, -0.05) is 30.3 Å². The van der Waals surface area contributed by atoms with E-state index in [1.807, 2.05) is 10.9 Å². The van der Waals surface area contributed by atoms with Crippen LogP contribution in [0.15, 0.2) is 42.7 Å². The molecule has 1 aromatic carbocycles. The molecule has 4 heteroatoms. The average Bonchev–Trinajstić information content (AvgIpc) is 3.15. The number of hydrogen-bond acceptors (Lipinski definition) is 3. The summed E-state index contributed by atoms with van der Waals surface area (Å²) < 4.78 is 2.05. The summed E-state index contributed by atoms with van der Waals surface area (Å²) in [5, 5.41) is 4.51. The smallest absolute Gasteiger partial charge is 0.0543 e. The minimum absolute atomic E-state index is 0.0373. The zero-order valence-electron chi connectivity index (χ0n) is 14.4. The molecule has 1 saturated heterocycles. The van der Waals surface area contributed by atoms with Crippen LogP contribution >= 0.6 is 0 Å². The highest BCUT2D eigenvalue weighted by Crippen LogP contribution is 2.32. The van der Waals surface area contributed by atoms with Crippen LogP contribution in [-0.4, -0.2) is 34.3 Å². The van der Waals surface area contributed by atoms with Gasteiger partial charge >= 0.3 is 0 Å². The zero-order valence-corrected chi connectivity index (χ0v) is 14.4. The average molecular weight is 312 g/mol. The van der Waals surface area contributed by atoms with Crippen LogP contribution < -0.4 is 5.73 Å². The molecule has 2 aromatic rings. The molecular weight excluding hydrogens is 284 g/mol. The van der Waals surface area contributed by atoms with Gasteiger partial charge < -0.3 is 5.73 Å². The molecule has 2 N–H and O–H groups in total. The topological polar surface area (TPSA) is 47.1 Å². The maximum Gasteiger partial charge on any atom is 0.0543 e. The Morgan fingerprint density at radius 3 is 2.52 bits per heavy atom. The molecule has 124 valence electrons. The van der Waals surface area contributed by atoms with Crippen molar-refractivity contribution in [1.29, 1.82) is 0 Å². The Bertz CT molecular complexity index is 626. The summed E-state index contributed by atoms with van der Waals surface area (Å²) in [6, 6.07) is 10.8. The number of aromatic nitrogens is 2. The quantitative estimate of drug-likeness (QED) is 0.944. The minimum atomic E-state index is 0.0373. The molecule has 2 atom stereocenters. The van der Waals surface area contributed by atoms with Gasteiger partial charge in [0.15, 0.2) is 0 Å². The van der Waals surface area contributed by atoms with Gasteiger partial charge in [-0.05, 0) is 38.8 Å². The van der Waals surface area contributed by atoms with Gasteiger partial charge in [-0.25, -0.2) is 0 Å². The number of likely N-dealkylation sites (tertiary alicyclic amines) is 1. The van der Waals surface area contributed by atoms with Crippen molar-refractivity contribution in [2.45, 2.75) is 38.8 Å². The molecule has 0 radical (unpaired) electrons. The van der Waals surface area contributed by atoms with Crippen molar-refractivity contribution in [3.05, 3.63) is 53.9 Å². The highest BCUT2D eigenvalue weighted by Gasteiger charge is 2.32. The van der Waals surface area contributed by atoms with Gasteiger partial charge in [0.2, 0.25) is 0 Å². The summed E-state index contributed by atoms with van der Waals surface area (Å²) in [4.78, 5) is 2.51. The molecule has 2 heterocycles. The largest absolute Gasteiger partial charge is 0.330 e. The molecule has 0 spiro atoms. The first kappa shape index (κ1) is 16.2. The second-order valence-electron chi connectivity index (χ2n) is 7.67. The first-order valence-electron chi connectivity index (χ1n) is 8.49. The lowest BCUT2D eigenvalue weighted by Gasteiger charge is -2.19. The van der Waals surface area contributed by atoms with E-state index in [4.69, 9.17) is 5.73 Å². The van der Waals surface area contributed by atoms with E-state index in [1.165, 1.54) is 11.1 Å². The Labute approximate surface area is 139 Å². The lowest BCUT2D eigenvalue weighted by Crippen LogP contribution is -2.23. The molecular formula is C19H28N4. The third-order valence-corrected chi connectivity index (χ3v) is 4.78. The van der Waals surface area contributed by atoms with Crippen molar-refractivity contribution in [3.63, 3.8) is 0 Å². The van der Waals surface area contributed by atoms with E-state index in [1.54, 1.807) is 0 Å². The Kier molecular flexibility index (Phi) is 4.55. The summed E-state index contributed by atoms with van der Waals surface area (Å²) in [6.45, 7) is 10.4. The monoisotopic (exact) mass is 312 g/mol. The van der Waals surface area contributed by atoms with Gasteiger partial charge in [0, 0.05) is 37.3 Å². The van der Waals surface area contributed by atoms with Crippen molar-refractivity contribution in [2.24, 2.45) is 11.7 Å². The number of rotatable bonds is 4. The molecule has 1 aromatic heterocycles. The van der Waals surface area contributed by atoms with E-state index in [0.29, 0.717) is 11.8 Å². The fraction of sp³-hybridized carbons (Fsp3) is 0.526. The molecule has 3 rings (SSSR count). The first-order valence-corrected chi connectivity index (χ1v) is 8.49. The number of benzene rings is 1. The highest BCUT2D eigenvalue weighted by atomic mass is 15.3. The van der Waals surface area contributed by atoms with Crippen LogP contribution in [0.3, 0.4) is 0 Å². The Hall–Kier alpha value is -1.65. The SMILES string of the molecule is CC(C)(C)n1cc(CN2C[C@@H](CN)[C@H](c3ccccc3)C2)cn1. The standard InChI is InChI=1S/C19H28N4/c1-19(2,3)23-12-15(10-21-23)11-22-13-17(9-20)18(14-22)16-7-5-4-6-8-16/h4-8,10,12,17-18H,9,11,13-14,20H2,1-3H3/t17-,18+/m1/s1. The molecule has 4 nitrogen and oxygen atoms in total. The van der Waals surface area contributed by atoms with Crippen molar-refractivity contribution in [1.82, 2.24) is 14.7 Å². The van der Waals surface area contributed by atoms with E-state index >= 15 is 0 Å². The molecule has 0 unspecified atom stereocenters. The summed E-state index contributed by atoms with van der Waals surface area (Å²) in [5.74, 6) is 1.08. The van der Waals surface area contributed by atoms with Gasteiger partial charge in [0.05, 0.1) is 11.7 Å². The third-order valence-electron chi connectivity index (χ3n) is 4.78. The van der Waals surface area contributed by atoms with Crippen LogP contribution in [0, 0.1) is 5.92 Å². The summed E-state index contributed by atoms with van der Waals surface area (Å²) in [7, 11) is 0. The fourth-order valence-electron chi connectivity index (χ4n) is 3.47. The van der Waals surface area contributed by atoms with Crippen LogP contribution in [0.1, 0.15) is 37.8 Å². The third kappa shape index (κ3) is 3.65. The van der Waals surface area contributed by atoms with Gasteiger partial charge in [0.25, 0.3) is 0 Å². The van der Waals surface area contributed by atoms with Crippen LogP contribution in [0.25, 0.3) is 0 Å². The Balaban J connectivity index is 1.69. The molecule has 0 saturated carbocycles. The van der Waals surface area contributed by atoms with Gasteiger partial charge in [-0.3, -0.25) is 9.58 Å². The van der Waals surface area contributed by atoms with Crippen LogP contribution in [-0.2, 0) is 12.1 Å². The fourth-order valence-corrected chi connectivity index (χ4v) is 3.47. The number of nitrogens with zero attached hydrogens (tertiary/aromatic N) is 3. The van der Waals surface area contributed by atoms with Crippen molar-refractivity contribution in [2.75, 3.05) is 19.6 Å². The first-order chi connectivity index (χ1) is 11.0. The number of hydrogen-bond donors (Lipinski definition) is 1. The second kappa shape index (κ2) is 6.46. The molecule has 0 aliphatic carbocycles. The van der Waals surface area contributed by atoms with Gasteiger partial charge in [0.1, 0.15) is 0 Å². The minimum Gasteiger partial charge on any atom is -0.330 e. The predicted molar refractivity (Wildman–Crippen MR) is 94.2 cm³/mol. The molecule has 23 heavy (non-hydrogen) atoms. The maximum atomic E-state index is 6.04. The van der Waals surface area contributed by atoms with E-state index < -0.39 is 0 Å². The lowest BCUT2D eigenvalue weighted by atomic mass is 9.89. The predicted octanol–water partition coefficient (Wildman–Crippen LogP) is 2.81. The van der Waals surface area contributed by atoms with Crippen LogP contribution in [0.4, 0.5) is 0 Å². The number of nitrogens with two attached hydrogens (primary N) is 1. The summed E-state index contributed by atoms with van der Waals surface area (Å²) >= 11 is 0. The second-order valence-corrected chi connectivity index (χ2v) is 7.67. The molecule has 0 amide bonds. The molecule has 1 aliphatic heterocycles. The van der Waals surface area contributed by atoms with E-state index in [-0.39, 0.29) is 5.54 Å². The molecule has 1 fully saturated rings. The molecule has 0 bridgehead atoms. The van der Waals surface area contributed by atoms with Gasteiger partial charge in [-0.2, -0.15) is 5.10 Å². The van der Waals surface area contributed by atoms with Crippen LogP contribution in [0.5, 0.6) is 0 Å². The Morgan fingerprint density at radius 1 is 1.17 bits per heavy atom. The normalized spacial score (nSPS) is 22.6. The van der Waals surface area contributed by atoms with Crippen molar-refractivity contribution >= 4 is 0 Å². The van der Waals surface area contributed by atoms with E-state index in [0.717, 1.165) is 26.2 Å². The summed E-state index contributed by atoms with van der Waals surface area (Å²) in [5.41, 5.74) is 8.77.